The van der Waals surface area contributed by atoms with Gasteiger partial charge in [-0.05, 0) is 42.3 Å². The number of nitrogens with zero attached hydrogens (tertiary/aromatic N) is 2. The van der Waals surface area contributed by atoms with E-state index in [1.165, 1.54) is 38.2 Å². The zero-order valence-corrected chi connectivity index (χ0v) is 25.5. The molecule has 12 heteroatoms. The van der Waals surface area contributed by atoms with E-state index in [2.05, 4.69) is 10.6 Å². The fraction of sp³-hybridized carbons (Fsp3) is 0.312. The first-order valence-electron chi connectivity index (χ1n) is 13.8. The van der Waals surface area contributed by atoms with Gasteiger partial charge in [-0.2, -0.15) is 0 Å². The molecule has 3 N–H and O–H groups in total. The van der Waals surface area contributed by atoms with Crippen molar-refractivity contribution in [3.63, 3.8) is 0 Å². The Bertz CT molecular complexity index is 1490. The summed E-state index contributed by atoms with van der Waals surface area (Å²) < 4.78 is 16.2. The van der Waals surface area contributed by atoms with Gasteiger partial charge in [0.1, 0.15) is 5.75 Å². The first kappa shape index (κ1) is 33.2. The molecule has 12 nitrogen and oxygen atoms in total. The van der Waals surface area contributed by atoms with E-state index in [-0.39, 0.29) is 38.4 Å². The molecule has 3 aromatic carbocycles. The van der Waals surface area contributed by atoms with Crippen LogP contribution in [0.3, 0.4) is 0 Å². The fourth-order valence-electron chi connectivity index (χ4n) is 4.44. The van der Waals surface area contributed by atoms with Gasteiger partial charge in [0.2, 0.25) is 11.8 Å². The monoisotopic (exact) mass is 606 g/mol. The van der Waals surface area contributed by atoms with Crippen LogP contribution in [0.15, 0.2) is 60.7 Å². The molecule has 4 amide bonds. The summed E-state index contributed by atoms with van der Waals surface area (Å²) in [5.41, 5.74) is 3.25. The highest BCUT2D eigenvalue weighted by Crippen LogP contribution is 2.32. The maximum absolute atomic E-state index is 13.3. The normalized spacial score (nSPS) is 10.4. The third-order valence-electron chi connectivity index (χ3n) is 6.85. The number of carboxylic acids is 1. The number of anilines is 2. The Hall–Kier alpha value is -5.26. The number of methoxy groups -OCH3 is 3. The van der Waals surface area contributed by atoms with Gasteiger partial charge in [0.15, 0.2) is 11.5 Å². The molecule has 0 atom stereocenters. The number of hydrogen-bond donors (Lipinski definition) is 3. The SMILES string of the molecule is COc1cc(CC(=O)N(C)CC(=O)N(CCC(=O)O)Cc2cccc(OC)c2OC)ccc1NC(=O)Nc1ccccc1C. The number of carboxylic acid groups (broad SMARTS) is 1. The van der Waals surface area contributed by atoms with Gasteiger partial charge in [-0.1, -0.05) is 36.4 Å². The lowest BCUT2D eigenvalue weighted by molar-refractivity contribution is -0.141. The standard InChI is InChI=1S/C32H38N4O8/c1-21-9-6-7-11-24(21)33-32(41)34-25-14-13-22(17-27(25)43-4)18-28(37)35(2)20-29(38)36(16-15-30(39)40)19-23-10-8-12-26(42-3)31(23)44-5/h6-14,17H,15-16,18-20H2,1-5H3,(H,39,40)(H2,33,34,41). The molecule has 3 aromatic rings. The summed E-state index contributed by atoms with van der Waals surface area (Å²) in [5, 5.41) is 14.8. The maximum Gasteiger partial charge on any atom is 0.323 e. The minimum Gasteiger partial charge on any atom is -0.495 e. The Morgan fingerprint density at radius 2 is 1.52 bits per heavy atom. The van der Waals surface area contributed by atoms with Crippen molar-refractivity contribution in [2.24, 2.45) is 0 Å². The number of likely N-dealkylation sites (N-methyl/N-ethyl adjacent to an activating group) is 1. The van der Waals surface area contributed by atoms with Gasteiger partial charge in [0.05, 0.1) is 46.4 Å². The van der Waals surface area contributed by atoms with Gasteiger partial charge in [-0.3, -0.25) is 14.4 Å². The van der Waals surface area contributed by atoms with Gasteiger partial charge in [0.25, 0.3) is 0 Å². The average Bonchev–Trinajstić information content (AvgIpc) is 3.00. The zero-order chi connectivity index (χ0) is 32.2. The fourth-order valence-corrected chi connectivity index (χ4v) is 4.44. The van der Waals surface area contributed by atoms with Crippen molar-refractivity contribution in [3.05, 3.63) is 77.4 Å². The van der Waals surface area contributed by atoms with Crippen LogP contribution in [0.1, 0.15) is 23.1 Å². The van der Waals surface area contributed by atoms with Crippen LogP contribution in [0.5, 0.6) is 17.2 Å². The Morgan fingerprint density at radius 3 is 2.18 bits per heavy atom. The molecule has 0 radical (unpaired) electrons. The number of aliphatic carboxylic acids is 1. The summed E-state index contributed by atoms with van der Waals surface area (Å²) >= 11 is 0. The molecular formula is C32H38N4O8. The molecule has 0 fully saturated rings. The highest BCUT2D eigenvalue weighted by molar-refractivity contribution is 6.01. The van der Waals surface area contributed by atoms with E-state index < -0.39 is 17.9 Å². The van der Waals surface area contributed by atoms with E-state index in [0.717, 1.165) is 5.56 Å². The van der Waals surface area contributed by atoms with Crippen molar-refractivity contribution in [2.75, 3.05) is 52.1 Å². The van der Waals surface area contributed by atoms with Crippen LogP contribution in [0.2, 0.25) is 0 Å². The summed E-state index contributed by atoms with van der Waals surface area (Å²) in [4.78, 5) is 52.9. The first-order chi connectivity index (χ1) is 21.1. The topological polar surface area (TPSA) is 147 Å². The molecule has 0 heterocycles. The van der Waals surface area contributed by atoms with Crippen LogP contribution in [-0.4, -0.2) is 80.2 Å². The third-order valence-corrected chi connectivity index (χ3v) is 6.85. The van der Waals surface area contributed by atoms with Gasteiger partial charge < -0.3 is 39.8 Å². The minimum atomic E-state index is -1.05. The molecule has 0 spiro atoms. The molecule has 3 rings (SSSR count). The minimum absolute atomic E-state index is 0.0331. The number of aryl methyl sites for hydroxylation is 1. The van der Waals surface area contributed by atoms with Crippen molar-refractivity contribution in [1.82, 2.24) is 9.80 Å². The van der Waals surface area contributed by atoms with Gasteiger partial charge in [-0.25, -0.2) is 4.79 Å². The second-order valence-electron chi connectivity index (χ2n) is 9.97. The van der Waals surface area contributed by atoms with Crippen LogP contribution in [0.4, 0.5) is 16.2 Å². The first-order valence-corrected chi connectivity index (χ1v) is 13.8. The lowest BCUT2D eigenvalue weighted by Gasteiger charge is -2.26. The smallest absolute Gasteiger partial charge is 0.323 e. The maximum atomic E-state index is 13.3. The molecule has 0 aliphatic heterocycles. The van der Waals surface area contributed by atoms with E-state index >= 15 is 0 Å². The Kier molecular flexibility index (Phi) is 12.0. The average molecular weight is 607 g/mol. The molecular weight excluding hydrogens is 568 g/mol. The van der Waals surface area contributed by atoms with E-state index in [9.17, 15) is 24.3 Å². The molecule has 0 aromatic heterocycles. The van der Waals surface area contributed by atoms with E-state index in [1.54, 1.807) is 42.5 Å². The van der Waals surface area contributed by atoms with Crippen LogP contribution in [0.25, 0.3) is 0 Å². The Balaban J connectivity index is 1.66. The molecule has 0 aliphatic rings. The van der Waals surface area contributed by atoms with Crippen molar-refractivity contribution in [3.8, 4) is 17.2 Å². The van der Waals surface area contributed by atoms with Crippen LogP contribution in [0, 0.1) is 6.92 Å². The Labute approximate surface area is 256 Å². The van der Waals surface area contributed by atoms with Crippen LogP contribution < -0.4 is 24.8 Å². The van der Waals surface area contributed by atoms with E-state index in [0.29, 0.717) is 39.8 Å². The number of urea groups is 1. The van der Waals surface area contributed by atoms with E-state index in [1.807, 2.05) is 25.1 Å². The molecule has 0 unspecified atom stereocenters. The second-order valence-corrected chi connectivity index (χ2v) is 9.97. The molecule has 44 heavy (non-hydrogen) atoms. The number of benzene rings is 3. The number of rotatable bonds is 14. The third kappa shape index (κ3) is 9.12. The number of hydrogen-bond acceptors (Lipinski definition) is 7. The number of para-hydroxylation sites is 2. The predicted molar refractivity (Wildman–Crippen MR) is 165 cm³/mol. The molecule has 0 saturated heterocycles. The Morgan fingerprint density at radius 1 is 0.818 bits per heavy atom. The molecule has 0 bridgehead atoms. The number of nitrogens with one attached hydrogen (secondary N) is 2. The highest BCUT2D eigenvalue weighted by Gasteiger charge is 2.22. The van der Waals surface area contributed by atoms with Crippen LogP contribution in [-0.2, 0) is 27.3 Å². The van der Waals surface area contributed by atoms with Crippen molar-refractivity contribution >= 4 is 35.2 Å². The van der Waals surface area contributed by atoms with Crippen molar-refractivity contribution < 1.29 is 38.5 Å². The number of carbonyl (C=O) groups excluding carboxylic acids is 3. The second kappa shape index (κ2) is 15.8. The number of ether oxygens (including phenoxy) is 3. The quantitative estimate of drug-likeness (QED) is 0.248. The van der Waals surface area contributed by atoms with Crippen molar-refractivity contribution in [2.45, 2.75) is 26.3 Å². The summed E-state index contributed by atoms with van der Waals surface area (Å²) in [6, 6.07) is 17.1. The van der Waals surface area contributed by atoms with Crippen LogP contribution >= 0.6 is 0 Å². The molecule has 0 saturated carbocycles. The van der Waals surface area contributed by atoms with Gasteiger partial charge >= 0.3 is 12.0 Å². The molecule has 234 valence electrons. The van der Waals surface area contributed by atoms with Gasteiger partial charge in [0, 0.05) is 31.4 Å². The van der Waals surface area contributed by atoms with Gasteiger partial charge in [-0.15, -0.1) is 0 Å². The largest absolute Gasteiger partial charge is 0.495 e. The molecule has 0 aliphatic carbocycles. The summed E-state index contributed by atoms with van der Waals surface area (Å²) in [7, 11) is 5.94. The highest BCUT2D eigenvalue weighted by atomic mass is 16.5. The lowest BCUT2D eigenvalue weighted by atomic mass is 10.1. The zero-order valence-electron chi connectivity index (χ0n) is 25.5. The summed E-state index contributed by atoms with van der Waals surface area (Å²) in [5.74, 6) is -0.539. The van der Waals surface area contributed by atoms with E-state index in [4.69, 9.17) is 14.2 Å². The number of amides is 4. The summed E-state index contributed by atoms with van der Waals surface area (Å²) in [6.45, 7) is 1.63. The lowest BCUT2D eigenvalue weighted by Crippen LogP contribution is -2.42. The summed E-state index contributed by atoms with van der Waals surface area (Å²) in [6.07, 6.45) is -0.298. The number of carbonyl (C=O) groups is 4. The predicted octanol–water partition coefficient (Wildman–Crippen LogP) is 4.17. The van der Waals surface area contributed by atoms with Crippen molar-refractivity contribution in [1.29, 1.82) is 0 Å².